The summed E-state index contributed by atoms with van der Waals surface area (Å²) in [6.07, 6.45) is 11.4. The van der Waals surface area contributed by atoms with Gasteiger partial charge in [0.15, 0.2) is 0 Å². The van der Waals surface area contributed by atoms with Gasteiger partial charge < -0.3 is 16.0 Å². The number of aromatic nitrogens is 1. The van der Waals surface area contributed by atoms with Crippen molar-refractivity contribution in [2.75, 3.05) is 17.2 Å². The molecule has 1 amide bonds. The maximum Gasteiger partial charge on any atom is 0.248 e. The van der Waals surface area contributed by atoms with E-state index in [-0.39, 0.29) is 10.7 Å². The van der Waals surface area contributed by atoms with Crippen molar-refractivity contribution in [1.82, 2.24) is 4.98 Å². The Bertz CT molecular complexity index is 536. The first-order chi connectivity index (χ1) is 10.6. The fourth-order valence-electron chi connectivity index (χ4n) is 2.53. The lowest BCUT2D eigenvalue weighted by Gasteiger charge is -2.32. The van der Waals surface area contributed by atoms with Crippen LogP contribution in [0.4, 0.5) is 11.5 Å². The number of hydrogen-bond acceptors (Lipinski definition) is 5. The number of hydrogen-bond donors (Lipinski definition) is 4. The third-order valence-corrected chi connectivity index (χ3v) is 4.36. The topological polar surface area (TPSA) is 77.9 Å². The standard InChI is InChI=1S/C16H22N4OS/c17-10-4-5-15(21)20-13-6-7-14(18-11-13)19-12-16(22)8-2-1-3-9-16/h4-7,10-11,17,22H,1-3,8-9,12H2,(H,18,19)(H,20,21)/b5-4-,17-10?. The molecule has 1 aromatic heterocycles. The quantitative estimate of drug-likeness (QED) is 0.369. The molecule has 22 heavy (non-hydrogen) atoms. The van der Waals surface area contributed by atoms with Crippen molar-refractivity contribution in [3.8, 4) is 0 Å². The van der Waals surface area contributed by atoms with Crippen LogP contribution in [-0.2, 0) is 4.79 Å². The Kier molecular flexibility index (Phi) is 6.00. The molecule has 118 valence electrons. The van der Waals surface area contributed by atoms with Crippen LogP contribution in [0.5, 0.6) is 0 Å². The highest BCUT2D eigenvalue weighted by molar-refractivity contribution is 7.81. The molecule has 5 nitrogen and oxygen atoms in total. The zero-order chi connectivity index (χ0) is 15.8. The number of allylic oxidation sites excluding steroid dienone is 1. The lowest BCUT2D eigenvalue weighted by atomic mass is 9.88. The minimum absolute atomic E-state index is 0.0599. The second-order valence-electron chi connectivity index (χ2n) is 5.59. The monoisotopic (exact) mass is 318 g/mol. The van der Waals surface area contributed by atoms with Crippen LogP contribution in [0.3, 0.4) is 0 Å². The minimum Gasteiger partial charge on any atom is -0.369 e. The Morgan fingerprint density at radius 2 is 2.14 bits per heavy atom. The summed E-state index contributed by atoms with van der Waals surface area (Å²) in [6.45, 7) is 0.802. The van der Waals surface area contributed by atoms with Crippen molar-refractivity contribution in [2.24, 2.45) is 0 Å². The molecule has 1 aliphatic rings. The Hall–Kier alpha value is -1.82. The van der Waals surface area contributed by atoms with Gasteiger partial charge in [-0.25, -0.2) is 4.98 Å². The molecule has 1 heterocycles. The van der Waals surface area contributed by atoms with Crippen LogP contribution in [0, 0.1) is 5.41 Å². The summed E-state index contributed by atoms with van der Waals surface area (Å²) < 4.78 is 0.0599. The molecule has 0 bridgehead atoms. The lowest BCUT2D eigenvalue weighted by Crippen LogP contribution is -2.33. The number of rotatable bonds is 6. The zero-order valence-electron chi connectivity index (χ0n) is 12.5. The van der Waals surface area contributed by atoms with E-state index in [9.17, 15) is 4.79 Å². The van der Waals surface area contributed by atoms with E-state index in [1.54, 1.807) is 12.3 Å². The molecule has 0 aromatic carbocycles. The van der Waals surface area contributed by atoms with E-state index in [1.807, 2.05) is 6.07 Å². The van der Waals surface area contributed by atoms with Gasteiger partial charge in [-0.3, -0.25) is 4.79 Å². The normalized spacial score (nSPS) is 17.1. The maximum atomic E-state index is 11.5. The maximum absolute atomic E-state index is 11.5. The Morgan fingerprint density at radius 3 is 2.77 bits per heavy atom. The number of amides is 1. The van der Waals surface area contributed by atoms with Crippen molar-refractivity contribution in [3.05, 3.63) is 30.5 Å². The molecular weight excluding hydrogens is 296 g/mol. The Balaban J connectivity index is 1.85. The number of thiol groups is 1. The van der Waals surface area contributed by atoms with Crippen molar-refractivity contribution in [3.63, 3.8) is 0 Å². The van der Waals surface area contributed by atoms with Crippen LogP contribution in [-0.4, -0.2) is 28.4 Å². The largest absolute Gasteiger partial charge is 0.369 e. The van der Waals surface area contributed by atoms with E-state index in [4.69, 9.17) is 18.0 Å². The van der Waals surface area contributed by atoms with E-state index < -0.39 is 0 Å². The Morgan fingerprint density at radius 1 is 1.36 bits per heavy atom. The third-order valence-electron chi connectivity index (χ3n) is 3.76. The second kappa shape index (κ2) is 7.98. The Labute approximate surface area is 136 Å². The van der Waals surface area contributed by atoms with Gasteiger partial charge in [0, 0.05) is 23.6 Å². The summed E-state index contributed by atoms with van der Waals surface area (Å²) in [5, 5.41) is 12.8. The van der Waals surface area contributed by atoms with Gasteiger partial charge in [0.1, 0.15) is 5.82 Å². The molecule has 3 N–H and O–H groups in total. The van der Waals surface area contributed by atoms with E-state index in [0.29, 0.717) is 5.69 Å². The fourth-order valence-corrected chi connectivity index (χ4v) is 2.93. The van der Waals surface area contributed by atoms with E-state index in [1.165, 1.54) is 31.4 Å². The summed E-state index contributed by atoms with van der Waals surface area (Å²) in [5.74, 6) is 0.509. The molecule has 0 radical (unpaired) electrons. The van der Waals surface area contributed by atoms with Gasteiger partial charge in [0.05, 0.1) is 11.9 Å². The average Bonchev–Trinajstić information content (AvgIpc) is 2.53. The molecule has 6 heteroatoms. The van der Waals surface area contributed by atoms with Crippen LogP contribution < -0.4 is 10.6 Å². The van der Waals surface area contributed by atoms with Gasteiger partial charge >= 0.3 is 0 Å². The van der Waals surface area contributed by atoms with Gasteiger partial charge in [0.25, 0.3) is 0 Å². The first-order valence-electron chi connectivity index (χ1n) is 7.52. The number of carbonyl (C=O) groups excluding carboxylic acids is 1. The third kappa shape index (κ3) is 5.18. The first-order valence-corrected chi connectivity index (χ1v) is 7.96. The number of carbonyl (C=O) groups is 1. The summed E-state index contributed by atoms with van der Waals surface area (Å²) in [4.78, 5) is 15.8. The molecule has 1 aliphatic carbocycles. The number of nitrogens with one attached hydrogen (secondary N) is 3. The predicted octanol–water partition coefficient (Wildman–Crippen LogP) is 3.27. The van der Waals surface area contributed by atoms with Crippen LogP contribution in [0.15, 0.2) is 30.5 Å². The highest BCUT2D eigenvalue weighted by Crippen LogP contribution is 2.33. The zero-order valence-corrected chi connectivity index (χ0v) is 13.4. The smallest absolute Gasteiger partial charge is 0.248 e. The molecule has 0 unspecified atom stereocenters. The van der Waals surface area contributed by atoms with Crippen LogP contribution in [0.1, 0.15) is 32.1 Å². The predicted molar refractivity (Wildman–Crippen MR) is 94.1 cm³/mol. The van der Waals surface area contributed by atoms with Crippen molar-refractivity contribution >= 4 is 36.3 Å². The highest BCUT2D eigenvalue weighted by atomic mass is 32.1. The fraction of sp³-hybridized carbons (Fsp3) is 0.438. The number of pyridine rings is 1. The van der Waals surface area contributed by atoms with Gasteiger partial charge in [0.2, 0.25) is 5.91 Å². The van der Waals surface area contributed by atoms with Gasteiger partial charge in [-0.05, 0) is 31.1 Å². The summed E-state index contributed by atoms with van der Waals surface area (Å²) >= 11 is 4.81. The van der Waals surface area contributed by atoms with Crippen LogP contribution >= 0.6 is 12.6 Å². The SMILES string of the molecule is N=C/C=C\C(=O)Nc1ccc(NCC2(S)CCCCC2)nc1. The van der Waals surface area contributed by atoms with Crippen molar-refractivity contribution in [1.29, 1.82) is 5.41 Å². The molecule has 0 saturated heterocycles. The van der Waals surface area contributed by atoms with Crippen molar-refractivity contribution in [2.45, 2.75) is 36.9 Å². The lowest BCUT2D eigenvalue weighted by molar-refractivity contribution is -0.111. The van der Waals surface area contributed by atoms with Gasteiger partial charge in [-0.2, -0.15) is 12.6 Å². The van der Waals surface area contributed by atoms with E-state index in [0.717, 1.165) is 31.4 Å². The first kappa shape index (κ1) is 16.5. The molecule has 1 fully saturated rings. The molecule has 0 atom stereocenters. The van der Waals surface area contributed by atoms with Crippen LogP contribution in [0.25, 0.3) is 0 Å². The average molecular weight is 318 g/mol. The number of anilines is 2. The van der Waals surface area contributed by atoms with E-state index >= 15 is 0 Å². The molecule has 1 aromatic rings. The van der Waals surface area contributed by atoms with Crippen LogP contribution in [0.2, 0.25) is 0 Å². The number of nitrogens with zero attached hydrogens (tertiary/aromatic N) is 1. The molecule has 0 spiro atoms. The van der Waals surface area contributed by atoms with E-state index in [2.05, 4.69) is 15.6 Å². The van der Waals surface area contributed by atoms with Crippen molar-refractivity contribution < 1.29 is 4.79 Å². The minimum atomic E-state index is -0.275. The van der Waals surface area contributed by atoms with Gasteiger partial charge in [-0.1, -0.05) is 19.3 Å². The highest BCUT2D eigenvalue weighted by Gasteiger charge is 2.27. The summed E-state index contributed by atoms with van der Waals surface area (Å²) in [7, 11) is 0. The molecule has 0 aliphatic heterocycles. The molecule has 2 rings (SSSR count). The molecule has 1 saturated carbocycles. The summed E-state index contributed by atoms with van der Waals surface area (Å²) in [5.41, 5.74) is 0.628. The summed E-state index contributed by atoms with van der Waals surface area (Å²) in [6, 6.07) is 3.65. The second-order valence-corrected chi connectivity index (χ2v) is 6.53. The van der Waals surface area contributed by atoms with Gasteiger partial charge in [-0.15, -0.1) is 0 Å². The molecular formula is C16H22N4OS.